The van der Waals surface area contributed by atoms with Gasteiger partial charge in [-0.15, -0.1) is 0 Å². The van der Waals surface area contributed by atoms with E-state index in [0.717, 1.165) is 25.0 Å². The first kappa shape index (κ1) is 14.5. The van der Waals surface area contributed by atoms with Crippen molar-refractivity contribution in [3.8, 4) is 11.5 Å². The molecule has 1 saturated heterocycles. The normalized spacial score (nSPS) is 27.9. The average molecular weight is 316 g/mol. The van der Waals surface area contributed by atoms with Gasteiger partial charge in [-0.25, -0.2) is 0 Å². The van der Waals surface area contributed by atoms with Gasteiger partial charge in [0.05, 0.1) is 12.0 Å². The fourth-order valence-electron chi connectivity index (χ4n) is 4.13. The number of hydrogen-bond donors (Lipinski definition) is 1. The van der Waals surface area contributed by atoms with Crippen molar-refractivity contribution in [2.45, 2.75) is 50.7 Å². The first-order valence-corrected chi connectivity index (χ1v) is 8.20. The van der Waals surface area contributed by atoms with Crippen molar-refractivity contribution in [2.75, 3.05) is 0 Å². The minimum atomic E-state index is -0.728. The van der Waals surface area contributed by atoms with E-state index >= 15 is 0 Å². The minimum Gasteiger partial charge on any atom is -0.480 e. The van der Waals surface area contributed by atoms with Gasteiger partial charge in [0.1, 0.15) is 6.04 Å². The Morgan fingerprint density at radius 2 is 2.22 bits per heavy atom. The molecule has 3 atom stereocenters. The van der Waals surface area contributed by atoms with Crippen LogP contribution in [-0.2, 0) is 11.3 Å². The summed E-state index contributed by atoms with van der Waals surface area (Å²) in [5.41, 5.74) is 0.758. The van der Waals surface area contributed by atoms with Crippen LogP contribution in [0.4, 0.5) is 0 Å². The molecule has 23 heavy (non-hydrogen) atoms. The summed E-state index contributed by atoms with van der Waals surface area (Å²) in [7, 11) is 0. The number of carboxylic acids is 1. The zero-order valence-corrected chi connectivity index (χ0v) is 12.9. The second-order valence-corrected chi connectivity index (χ2v) is 6.53. The van der Waals surface area contributed by atoms with E-state index in [4.69, 9.17) is 8.94 Å². The summed E-state index contributed by atoms with van der Waals surface area (Å²) in [5.74, 6) is 0.988. The van der Waals surface area contributed by atoms with Gasteiger partial charge in [-0.05, 0) is 37.3 Å². The van der Waals surface area contributed by atoms with Crippen LogP contribution in [0.25, 0.3) is 11.5 Å². The SMILES string of the molecule is O=C(O)[C@@H]1C[C@H]2CCCC[C@H]2N1Cc1cc(-c2ccco2)on1. The fraction of sp³-hybridized carbons (Fsp3) is 0.529. The zero-order valence-electron chi connectivity index (χ0n) is 12.9. The topological polar surface area (TPSA) is 79.7 Å². The lowest BCUT2D eigenvalue weighted by atomic mass is 9.85. The van der Waals surface area contributed by atoms with Crippen LogP contribution in [0, 0.1) is 5.92 Å². The second-order valence-electron chi connectivity index (χ2n) is 6.53. The molecular weight excluding hydrogens is 296 g/mol. The molecule has 2 aliphatic rings. The first-order valence-electron chi connectivity index (χ1n) is 8.20. The van der Waals surface area contributed by atoms with Gasteiger partial charge in [-0.1, -0.05) is 18.0 Å². The smallest absolute Gasteiger partial charge is 0.320 e. The third kappa shape index (κ3) is 2.67. The summed E-state index contributed by atoms with van der Waals surface area (Å²) >= 11 is 0. The van der Waals surface area contributed by atoms with E-state index in [1.807, 2.05) is 12.1 Å². The summed E-state index contributed by atoms with van der Waals surface area (Å²) in [6, 6.07) is 5.40. The highest BCUT2D eigenvalue weighted by Gasteiger charge is 2.45. The van der Waals surface area contributed by atoms with Crippen LogP contribution in [0.5, 0.6) is 0 Å². The predicted molar refractivity (Wildman–Crippen MR) is 81.5 cm³/mol. The molecule has 1 aliphatic heterocycles. The van der Waals surface area contributed by atoms with Gasteiger partial charge in [-0.3, -0.25) is 9.69 Å². The number of carboxylic acid groups (broad SMARTS) is 1. The molecule has 1 N–H and O–H groups in total. The summed E-state index contributed by atoms with van der Waals surface area (Å²) in [5, 5.41) is 13.7. The Labute approximate surface area is 134 Å². The number of nitrogens with zero attached hydrogens (tertiary/aromatic N) is 2. The van der Waals surface area contributed by atoms with E-state index in [9.17, 15) is 9.90 Å². The van der Waals surface area contributed by atoms with Crippen LogP contribution in [0.15, 0.2) is 33.4 Å². The molecule has 2 aromatic heterocycles. The molecule has 3 heterocycles. The number of hydrogen-bond acceptors (Lipinski definition) is 5. The lowest BCUT2D eigenvalue weighted by molar-refractivity contribution is -0.142. The third-order valence-corrected chi connectivity index (χ3v) is 5.17. The van der Waals surface area contributed by atoms with Crippen molar-refractivity contribution in [3.05, 3.63) is 30.2 Å². The van der Waals surface area contributed by atoms with Crippen molar-refractivity contribution < 1.29 is 18.8 Å². The van der Waals surface area contributed by atoms with Crippen molar-refractivity contribution in [3.63, 3.8) is 0 Å². The van der Waals surface area contributed by atoms with Gasteiger partial charge < -0.3 is 14.0 Å². The van der Waals surface area contributed by atoms with Crippen LogP contribution < -0.4 is 0 Å². The number of aliphatic carboxylic acids is 1. The molecule has 0 spiro atoms. The molecule has 1 saturated carbocycles. The van der Waals surface area contributed by atoms with Crippen molar-refractivity contribution >= 4 is 5.97 Å². The Balaban J connectivity index is 1.55. The number of likely N-dealkylation sites (tertiary alicyclic amines) is 1. The quantitative estimate of drug-likeness (QED) is 0.933. The lowest BCUT2D eigenvalue weighted by Gasteiger charge is -2.32. The molecule has 2 fully saturated rings. The second kappa shape index (κ2) is 5.85. The Kier molecular flexibility index (Phi) is 3.69. The van der Waals surface area contributed by atoms with E-state index in [-0.39, 0.29) is 0 Å². The van der Waals surface area contributed by atoms with E-state index in [0.29, 0.717) is 30.0 Å². The molecule has 4 rings (SSSR count). The molecule has 0 unspecified atom stereocenters. The highest BCUT2D eigenvalue weighted by molar-refractivity contribution is 5.74. The minimum absolute atomic E-state index is 0.355. The maximum atomic E-state index is 11.6. The van der Waals surface area contributed by atoms with Gasteiger partial charge in [-0.2, -0.15) is 0 Å². The number of rotatable bonds is 4. The van der Waals surface area contributed by atoms with E-state index < -0.39 is 12.0 Å². The third-order valence-electron chi connectivity index (χ3n) is 5.17. The summed E-state index contributed by atoms with van der Waals surface area (Å²) < 4.78 is 10.6. The van der Waals surface area contributed by atoms with Crippen molar-refractivity contribution in [1.29, 1.82) is 0 Å². The lowest BCUT2D eigenvalue weighted by Crippen LogP contribution is -2.41. The molecule has 6 nitrogen and oxygen atoms in total. The molecule has 0 amide bonds. The fourth-order valence-corrected chi connectivity index (χ4v) is 4.13. The standard InChI is InChI=1S/C17H20N2O4/c20-17(21)14-8-11-4-1-2-5-13(11)19(14)10-12-9-16(23-18-12)15-6-3-7-22-15/h3,6-7,9,11,13-14H,1-2,4-5,8,10H2,(H,20,21)/t11-,13-,14+/m1/s1. The maximum absolute atomic E-state index is 11.6. The summed E-state index contributed by atoms with van der Waals surface area (Å²) in [4.78, 5) is 13.7. The molecule has 0 radical (unpaired) electrons. The molecule has 0 aromatic carbocycles. The molecule has 6 heteroatoms. The van der Waals surface area contributed by atoms with Gasteiger partial charge in [0.2, 0.25) is 5.76 Å². The van der Waals surface area contributed by atoms with Crippen LogP contribution in [0.1, 0.15) is 37.8 Å². The van der Waals surface area contributed by atoms with Gasteiger partial charge >= 0.3 is 5.97 Å². The number of aromatic nitrogens is 1. The highest BCUT2D eigenvalue weighted by atomic mass is 16.5. The predicted octanol–water partition coefficient (Wildman–Crippen LogP) is 3.15. The molecule has 122 valence electrons. The van der Waals surface area contributed by atoms with E-state index in [1.54, 1.807) is 12.3 Å². The van der Waals surface area contributed by atoms with Crippen LogP contribution in [0.3, 0.4) is 0 Å². The number of fused-ring (bicyclic) bond motifs is 1. The average Bonchev–Trinajstić information content (AvgIpc) is 3.26. The van der Waals surface area contributed by atoms with Crippen LogP contribution in [0.2, 0.25) is 0 Å². The van der Waals surface area contributed by atoms with E-state index in [1.165, 1.54) is 12.8 Å². The molecule has 2 aromatic rings. The Morgan fingerprint density at radius 3 is 3.00 bits per heavy atom. The van der Waals surface area contributed by atoms with Gasteiger partial charge in [0, 0.05) is 18.7 Å². The summed E-state index contributed by atoms with van der Waals surface area (Å²) in [6.07, 6.45) is 6.96. The Bertz CT molecular complexity index is 679. The first-order chi connectivity index (χ1) is 11.2. The Morgan fingerprint density at radius 1 is 1.35 bits per heavy atom. The molecule has 1 aliphatic carbocycles. The number of carbonyl (C=O) groups is 1. The van der Waals surface area contributed by atoms with Gasteiger partial charge in [0.25, 0.3) is 0 Å². The maximum Gasteiger partial charge on any atom is 0.320 e. The van der Waals surface area contributed by atoms with Crippen LogP contribution in [-0.4, -0.2) is 33.2 Å². The van der Waals surface area contributed by atoms with Crippen molar-refractivity contribution in [1.82, 2.24) is 10.1 Å². The summed E-state index contributed by atoms with van der Waals surface area (Å²) in [6.45, 7) is 0.516. The van der Waals surface area contributed by atoms with Crippen molar-refractivity contribution in [2.24, 2.45) is 5.92 Å². The largest absolute Gasteiger partial charge is 0.480 e. The monoisotopic (exact) mass is 316 g/mol. The van der Waals surface area contributed by atoms with Gasteiger partial charge in [0.15, 0.2) is 5.76 Å². The Hall–Kier alpha value is -2.08. The number of furan rings is 1. The van der Waals surface area contributed by atoms with Crippen LogP contribution >= 0.6 is 0 Å². The molecular formula is C17H20N2O4. The van der Waals surface area contributed by atoms with E-state index in [2.05, 4.69) is 10.1 Å². The molecule has 0 bridgehead atoms. The highest BCUT2D eigenvalue weighted by Crippen LogP contribution is 2.40. The zero-order chi connectivity index (χ0) is 15.8.